The van der Waals surface area contributed by atoms with Crippen LogP contribution in [0.5, 0.6) is 0 Å². The molecule has 3 nitrogen and oxygen atoms in total. The minimum atomic E-state index is 0.537. The van der Waals surface area contributed by atoms with Crippen LogP contribution in [0, 0.1) is 0 Å². The molecule has 76 valence electrons. The summed E-state index contributed by atoms with van der Waals surface area (Å²) in [4.78, 5) is 5.60. The van der Waals surface area contributed by atoms with Crippen LogP contribution < -0.4 is 5.73 Å². The second-order valence-electron chi connectivity index (χ2n) is 3.70. The van der Waals surface area contributed by atoms with Crippen LogP contribution in [0.1, 0.15) is 31.3 Å². The van der Waals surface area contributed by atoms with Crippen molar-refractivity contribution in [1.29, 1.82) is 0 Å². The van der Waals surface area contributed by atoms with E-state index in [2.05, 4.69) is 28.6 Å². The van der Waals surface area contributed by atoms with Gasteiger partial charge in [0.2, 0.25) is 0 Å². The van der Waals surface area contributed by atoms with E-state index in [-0.39, 0.29) is 0 Å². The van der Waals surface area contributed by atoms with Crippen LogP contribution in [-0.2, 0) is 6.42 Å². The summed E-state index contributed by atoms with van der Waals surface area (Å²) in [5, 5.41) is 2.21. The number of hydrogen-bond acceptors (Lipinski definition) is 3. The van der Waals surface area contributed by atoms with E-state index in [1.807, 2.05) is 6.20 Å². The molecule has 0 aromatic carbocycles. The van der Waals surface area contributed by atoms with Crippen LogP contribution in [0.15, 0.2) is 11.6 Å². The van der Waals surface area contributed by atoms with Crippen molar-refractivity contribution in [3.05, 3.63) is 23.1 Å². The number of fused-ring (bicyclic) bond motifs is 1. The first-order chi connectivity index (χ1) is 6.74. The third-order valence-electron chi connectivity index (χ3n) is 2.32. The monoisotopic (exact) mass is 209 g/mol. The Morgan fingerprint density at radius 2 is 2.36 bits per heavy atom. The highest BCUT2D eigenvalue weighted by Crippen LogP contribution is 2.24. The van der Waals surface area contributed by atoms with Gasteiger partial charge in [0.25, 0.3) is 0 Å². The van der Waals surface area contributed by atoms with Crippen LogP contribution in [-0.4, -0.2) is 15.9 Å². The molecule has 0 aliphatic rings. The van der Waals surface area contributed by atoms with Gasteiger partial charge in [0.15, 0.2) is 0 Å². The highest BCUT2D eigenvalue weighted by molar-refractivity contribution is 7.15. The van der Waals surface area contributed by atoms with Gasteiger partial charge >= 0.3 is 0 Å². The smallest absolute Gasteiger partial charge is 0.119 e. The van der Waals surface area contributed by atoms with Crippen molar-refractivity contribution in [3.8, 4) is 0 Å². The van der Waals surface area contributed by atoms with Crippen LogP contribution in [0.3, 0.4) is 0 Å². The molecule has 0 saturated carbocycles. The van der Waals surface area contributed by atoms with E-state index in [0.717, 1.165) is 12.2 Å². The zero-order chi connectivity index (χ0) is 10.1. The molecule has 0 unspecified atom stereocenters. The average molecular weight is 209 g/mol. The number of imidazole rings is 1. The Labute approximate surface area is 87.6 Å². The van der Waals surface area contributed by atoms with E-state index in [1.165, 1.54) is 10.5 Å². The summed E-state index contributed by atoms with van der Waals surface area (Å²) in [6.45, 7) is 5.06. The van der Waals surface area contributed by atoms with Crippen LogP contribution >= 0.6 is 11.3 Å². The Kier molecular flexibility index (Phi) is 2.56. The number of nitrogens with zero attached hydrogens (tertiary/aromatic N) is 2. The summed E-state index contributed by atoms with van der Waals surface area (Å²) in [6.07, 6.45) is 2.78. The molecule has 0 atom stereocenters. The van der Waals surface area contributed by atoms with Gasteiger partial charge in [0.05, 0.1) is 6.20 Å². The van der Waals surface area contributed by atoms with Crippen LogP contribution in [0.25, 0.3) is 4.83 Å². The molecule has 4 heteroatoms. The van der Waals surface area contributed by atoms with Gasteiger partial charge in [0.1, 0.15) is 10.7 Å². The Morgan fingerprint density at radius 1 is 1.57 bits per heavy atom. The molecule has 2 rings (SSSR count). The van der Waals surface area contributed by atoms with E-state index in [4.69, 9.17) is 5.73 Å². The molecule has 2 heterocycles. The van der Waals surface area contributed by atoms with E-state index in [1.54, 1.807) is 11.3 Å². The van der Waals surface area contributed by atoms with E-state index >= 15 is 0 Å². The lowest BCUT2D eigenvalue weighted by Crippen LogP contribution is -2.07. The number of rotatable bonds is 3. The molecule has 2 N–H and O–H groups in total. The molecular formula is C10H15N3S. The molecule has 0 aliphatic carbocycles. The molecule has 0 aliphatic heterocycles. The maximum Gasteiger partial charge on any atom is 0.119 e. The second kappa shape index (κ2) is 3.71. The number of nitrogens with two attached hydrogens (primary N) is 1. The van der Waals surface area contributed by atoms with Gasteiger partial charge in [-0.05, 0) is 12.5 Å². The summed E-state index contributed by atoms with van der Waals surface area (Å²) in [7, 11) is 0. The summed E-state index contributed by atoms with van der Waals surface area (Å²) >= 11 is 1.75. The predicted octanol–water partition coefficient (Wildman–Crippen LogP) is 2.02. The maximum atomic E-state index is 5.56. The molecule has 0 fully saturated rings. The van der Waals surface area contributed by atoms with Crippen LogP contribution in [0.4, 0.5) is 0 Å². The quantitative estimate of drug-likeness (QED) is 0.840. The van der Waals surface area contributed by atoms with Gasteiger partial charge in [-0.15, -0.1) is 11.3 Å². The normalized spacial score (nSPS) is 11.7. The van der Waals surface area contributed by atoms with Gasteiger partial charge in [-0.3, -0.25) is 4.40 Å². The molecule has 14 heavy (non-hydrogen) atoms. The highest BCUT2D eigenvalue weighted by Gasteiger charge is 2.11. The van der Waals surface area contributed by atoms with Crippen molar-refractivity contribution in [2.75, 3.05) is 6.54 Å². The molecule has 0 bridgehead atoms. The second-order valence-corrected chi connectivity index (χ2v) is 4.59. The average Bonchev–Trinajstić information content (AvgIpc) is 2.67. The third-order valence-corrected chi connectivity index (χ3v) is 3.21. The Hall–Kier alpha value is -0.870. The van der Waals surface area contributed by atoms with E-state index in [0.29, 0.717) is 12.5 Å². The summed E-state index contributed by atoms with van der Waals surface area (Å²) in [5.41, 5.74) is 6.89. The summed E-state index contributed by atoms with van der Waals surface area (Å²) < 4.78 is 2.24. The molecule has 2 aromatic rings. The lowest BCUT2D eigenvalue weighted by Gasteiger charge is -2.05. The highest BCUT2D eigenvalue weighted by atomic mass is 32.1. The Bertz CT molecular complexity index is 427. The standard InChI is InChI=1S/C10H15N3S/c1-7(2)8-6-14-10-5-12-9(3-4-11)13(8)10/h5-7H,3-4,11H2,1-2H3. The summed E-state index contributed by atoms with van der Waals surface area (Å²) in [5.74, 6) is 1.63. The van der Waals surface area contributed by atoms with Gasteiger partial charge in [-0.1, -0.05) is 13.8 Å². The molecule has 0 spiro atoms. The molecule has 2 aromatic heterocycles. The van der Waals surface area contributed by atoms with Crippen molar-refractivity contribution < 1.29 is 0 Å². The fourth-order valence-corrected chi connectivity index (χ4v) is 2.65. The lowest BCUT2D eigenvalue weighted by atomic mass is 10.1. The topological polar surface area (TPSA) is 43.3 Å². The first kappa shape index (κ1) is 9.68. The van der Waals surface area contributed by atoms with Crippen molar-refractivity contribution >= 4 is 16.2 Å². The minimum Gasteiger partial charge on any atom is -0.330 e. The van der Waals surface area contributed by atoms with Crippen LogP contribution in [0.2, 0.25) is 0 Å². The maximum absolute atomic E-state index is 5.56. The zero-order valence-electron chi connectivity index (χ0n) is 8.53. The Morgan fingerprint density at radius 3 is 3.00 bits per heavy atom. The van der Waals surface area contributed by atoms with Crippen molar-refractivity contribution in [2.24, 2.45) is 5.73 Å². The number of aromatic nitrogens is 2. The first-order valence-electron chi connectivity index (χ1n) is 4.87. The minimum absolute atomic E-state index is 0.537. The third kappa shape index (κ3) is 1.44. The molecule has 0 saturated heterocycles. The summed E-state index contributed by atoms with van der Waals surface area (Å²) in [6, 6.07) is 0. The van der Waals surface area contributed by atoms with E-state index < -0.39 is 0 Å². The van der Waals surface area contributed by atoms with Gasteiger partial charge in [-0.2, -0.15) is 0 Å². The largest absolute Gasteiger partial charge is 0.330 e. The first-order valence-corrected chi connectivity index (χ1v) is 5.75. The molecule has 0 amide bonds. The van der Waals surface area contributed by atoms with E-state index in [9.17, 15) is 0 Å². The van der Waals surface area contributed by atoms with Gasteiger partial charge < -0.3 is 5.73 Å². The fraction of sp³-hybridized carbons (Fsp3) is 0.500. The molecular weight excluding hydrogens is 194 g/mol. The number of thiazole rings is 1. The number of hydrogen-bond donors (Lipinski definition) is 1. The zero-order valence-corrected chi connectivity index (χ0v) is 9.34. The predicted molar refractivity (Wildman–Crippen MR) is 59.9 cm³/mol. The van der Waals surface area contributed by atoms with Gasteiger partial charge in [-0.25, -0.2) is 4.98 Å². The lowest BCUT2D eigenvalue weighted by molar-refractivity contribution is 0.771. The van der Waals surface area contributed by atoms with Crippen molar-refractivity contribution in [3.63, 3.8) is 0 Å². The van der Waals surface area contributed by atoms with Gasteiger partial charge in [0, 0.05) is 17.5 Å². The molecule has 0 radical (unpaired) electrons. The fourth-order valence-electron chi connectivity index (χ4n) is 1.60. The van der Waals surface area contributed by atoms with Crippen molar-refractivity contribution in [1.82, 2.24) is 9.38 Å². The van der Waals surface area contributed by atoms with Crippen molar-refractivity contribution in [2.45, 2.75) is 26.2 Å². The Balaban J connectivity index is 2.55. The SMILES string of the molecule is CC(C)c1csc2cnc(CCN)n12.